The highest BCUT2D eigenvalue weighted by atomic mass is 19.2. The first-order valence-corrected chi connectivity index (χ1v) is 11.7. The predicted octanol–water partition coefficient (Wildman–Crippen LogP) is 9.12. The van der Waals surface area contributed by atoms with E-state index in [1.54, 1.807) is 0 Å². The molecule has 0 heterocycles. The molecule has 0 aliphatic rings. The summed E-state index contributed by atoms with van der Waals surface area (Å²) in [5.74, 6) is -25.4. The van der Waals surface area contributed by atoms with Crippen molar-refractivity contribution < 1.29 is 57.4 Å². The minimum absolute atomic E-state index is 0.364. The summed E-state index contributed by atoms with van der Waals surface area (Å²) in [6.07, 6.45) is -2.21. The number of fused-ring (bicyclic) bond motifs is 2. The topological polar surface area (TPSA) is 9.23 Å². The largest absolute Gasteiger partial charge is 0.497 e. The maximum atomic E-state index is 15.4. The van der Waals surface area contributed by atoms with Gasteiger partial charge in [-0.3, -0.25) is 0 Å². The molecule has 42 heavy (non-hydrogen) atoms. The van der Waals surface area contributed by atoms with Gasteiger partial charge >= 0.3 is 0 Å². The van der Waals surface area contributed by atoms with Gasteiger partial charge in [-0.1, -0.05) is 12.1 Å². The molecule has 0 aliphatic heterocycles. The molecule has 0 atom stereocenters. The summed E-state index contributed by atoms with van der Waals surface area (Å²) in [6, 6.07) is 3.95. The Hall–Kier alpha value is -4.42. The summed E-state index contributed by atoms with van der Waals surface area (Å²) in [5.41, 5.74) is -4.31. The van der Waals surface area contributed by atoms with E-state index in [0.29, 0.717) is 12.1 Å². The summed E-state index contributed by atoms with van der Waals surface area (Å²) >= 11 is 0. The smallest absolute Gasteiger partial charge is 0.200 e. The van der Waals surface area contributed by atoms with E-state index in [-0.39, 0.29) is 5.75 Å². The fourth-order valence-corrected chi connectivity index (χ4v) is 4.98. The normalized spacial score (nSPS) is 11.6. The van der Waals surface area contributed by atoms with Gasteiger partial charge in [0.05, 0.1) is 12.7 Å². The van der Waals surface area contributed by atoms with Crippen LogP contribution in [0.2, 0.25) is 0 Å². The van der Waals surface area contributed by atoms with Gasteiger partial charge in [-0.25, -0.2) is 52.7 Å². The van der Waals surface area contributed by atoms with Crippen molar-refractivity contribution in [3.8, 4) is 16.9 Å². The fraction of sp³-hybridized carbons (Fsp3) is 0.103. The molecular weight excluding hydrogens is 592 g/mol. The van der Waals surface area contributed by atoms with Crippen molar-refractivity contribution in [3.05, 3.63) is 111 Å². The van der Waals surface area contributed by atoms with Crippen molar-refractivity contribution in [2.45, 2.75) is 12.8 Å². The summed E-state index contributed by atoms with van der Waals surface area (Å²) in [7, 11) is 1.06. The zero-order chi connectivity index (χ0) is 30.8. The average Bonchev–Trinajstić information content (AvgIpc) is 2.96. The van der Waals surface area contributed by atoms with Gasteiger partial charge in [0.1, 0.15) is 23.2 Å². The fourth-order valence-electron chi connectivity index (χ4n) is 4.98. The average molecular weight is 604 g/mol. The first-order valence-electron chi connectivity index (χ1n) is 11.7. The molecule has 0 bridgehead atoms. The molecule has 0 radical (unpaired) electrons. The second-order valence-corrected chi connectivity index (χ2v) is 9.04. The van der Waals surface area contributed by atoms with Crippen molar-refractivity contribution in [2.24, 2.45) is 0 Å². The number of rotatable bonds is 5. The molecule has 1 nitrogen and oxygen atoms in total. The molecule has 218 valence electrons. The van der Waals surface area contributed by atoms with Gasteiger partial charge in [-0.05, 0) is 29.9 Å². The predicted molar refractivity (Wildman–Crippen MR) is 127 cm³/mol. The second-order valence-electron chi connectivity index (χ2n) is 9.04. The van der Waals surface area contributed by atoms with Crippen LogP contribution in [0.3, 0.4) is 0 Å². The van der Waals surface area contributed by atoms with Crippen molar-refractivity contribution in [3.63, 3.8) is 0 Å². The van der Waals surface area contributed by atoms with Crippen molar-refractivity contribution >= 4 is 21.5 Å². The standard InChI is InChI=1S/C29H12F12O/c1-42-9-7-14(31)19(15(32)8-9)17-10-3-2-4-13(30)16(10)11(18-20(17)24(36)28(40)27(39)23(18)35)5-6-12-21(33)25(37)29(41)26(38)22(12)34/h2-4,7-8H,5-6H2,1H3. The Balaban J connectivity index is 1.94. The molecule has 0 saturated heterocycles. The number of hydrogen-bond acceptors (Lipinski definition) is 1. The molecule has 0 amide bonds. The molecule has 0 fully saturated rings. The van der Waals surface area contributed by atoms with Gasteiger partial charge in [0.15, 0.2) is 46.5 Å². The highest BCUT2D eigenvalue weighted by molar-refractivity contribution is 6.15. The van der Waals surface area contributed by atoms with Crippen LogP contribution in [0.5, 0.6) is 5.75 Å². The quantitative estimate of drug-likeness (QED) is 0.0842. The molecule has 5 rings (SSSR count). The van der Waals surface area contributed by atoms with Crippen LogP contribution in [0.15, 0.2) is 30.3 Å². The Kier molecular flexibility index (Phi) is 7.23. The van der Waals surface area contributed by atoms with Crippen molar-refractivity contribution in [1.82, 2.24) is 0 Å². The van der Waals surface area contributed by atoms with Crippen LogP contribution >= 0.6 is 0 Å². The zero-order valence-electron chi connectivity index (χ0n) is 20.7. The van der Waals surface area contributed by atoms with Gasteiger partial charge in [-0.2, -0.15) is 0 Å². The lowest BCUT2D eigenvalue weighted by atomic mass is 9.85. The summed E-state index contributed by atoms with van der Waals surface area (Å²) < 4.78 is 180. The molecule has 0 aliphatic carbocycles. The SMILES string of the molecule is COc1cc(F)c(-c2c3cccc(F)c3c(CCc3c(F)c(F)c(F)c(F)c3F)c3c(F)c(F)c(F)c(F)c23)c(F)c1. The minimum Gasteiger partial charge on any atom is -0.497 e. The van der Waals surface area contributed by atoms with Gasteiger partial charge in [-0.15, -0.1) is 0 Å². The third kappa shape index (κ3) is 4.21. The van der Waals surface area contributed by atoms with Crippen LogP contribution < -0.4 is 4.74 Å². The van der Waals surface area contributed by atoms with Gasteiger partial charge in [0.25, 0.3) is 0 Å². The maximum absolute atomic E-state index is 15.4. The highest BCUT2D eigenvalue weighted by Crippen LogP contribution is 2.46. The summed E-state index contributed by atoms with van der Waals surface area (Å²) in [4.78, 5) is 0. The number of ether oxygens (including phenoxy) is 1. The Morgan fingerprint density at radius 3 is 1.50 bits per heavy atom. The minimum atomic E-state index is -2.48. The van der Waals surface area contributed by atoms with E-state index in [0.717, 1.165) is 25.3 Å². The molecular formula is C29H12F12O. The van der Waals surface area contributed by atoms with Crippen LogP contribution in [0.25, 0.3) is 32.7 Å². The van der Waals surface area contributed by atoms with Crippen LogP contribution in [-0.4, -0.2) is 7.11 Å². The number of halogens is 12. The van der Waals surface area contributed by atoms with E-state index in [1.807, 2.05) is 0 Å². The number of aryl methyl sites for hydroxylation is 1. The first-order chi connectivity index (χ1) is 19.8. The Bertz CT molecular complexity index is 1900. The molecule has 5 aromatic carbocycles. The number of methoxy groups -OCH3 is 1. The molecule has 0 N–H and O–H groups in total. The summed E-state index contributed by atoms with van der Waals surface area (Å²) in [6.45, 7) is 0. The van der Waals surface area contributed by atoms with Gasteiger partial charge in [0, 0.05) is 39.4 Å². The van der Waals surface area contributed by atoms with Crippen LogP contribution in [0, 0.1) is 69.8 Å². The molecule has 13 heteroatoms. The molecule has 0 unspecified atom stereocenters. The van der Waals surface area contributed by atoms with Crippen LogP contribution in [0.4, 0.5) is 52.7 Å². The molecule has 0 spiro atoms. The van der Waals surface area contributed by atoms with E-state index >= 15 is 22.0 Å². The number of benzene rings is 5. The van der Waals surface area contributed by atoms with Crippen molar-refractivity contribution in [1.29, 1.82) is 0 Å². The molecule has 0 aromatic heterocycles. The lowest BCUT2D eigenvalue weighted by molar-refractivity contribution is 0.370. The Morgan fingerprint density at radius 2 is 0.952 bits per heavy atom. The third-order valence-electron chi connectivity index (χ3n) is 6.83. The van der Waals surface area contributed by atoms with E-state index in [4.69, 9.17) is 4.74 Å². The van der Waals surface area contributed by atoms with E-state index in [2.05, 4.69) is 0 Å². The second kappa shape index (κ2) is 10.4. The monoisotopic (exact) mass is 604 g/mol. The van der Waals surface area contributed by atoms with E-state index in [9.17, 15) is 30.7 Å². The van der Waals surface area contributed by atoms with Crippen LogP contribution in [-0.2, 0) is 12.8 Å². The lowest BCUT2D eigenvalue weighted by Crippen LogP contribution is -2.10. The van der Waals surface area contributed by atoms with E-state index < -0.39 is 126 Å². The Labute approximate surface area is 227 Å². The highest BCUT2D eigenvalue weighted by Gasteiger charge is 2.32. The number of hydrogen-bond donors (Lipinski definition) is 0. The maximum Gasteiger partial charge on any atom is 0.200 e. The Morgan fingerprint density at radius 1 is 0.476 bits per heavy atom. The molecule has 5 aromatic rings. The van der Waals surface area contributed by atoms with Gasteiger partial charge < -0.3 is 4.74 Å². The molecule has 0 saturated carbocycles. The van der Waals surface area contributed by atoms with Gasteiger partial charge in [0.2, 0.25) is 5.82 Å². The van der Waals surface area contributed by atoms with Crippen LogP contribution in [0.1, 0.15) is 11.1 Å². The first kappa shape index (κ1) is 29.1. The lowest BCUT2D eigenvalue weighted by Gasteiger charge is -2.20. The summed E-state index contributed by atoms with van der Waals surface area (Å²) in [5, 5.41) is -3.91. The zero-order valence-corrected chi connectivity index (χ0v) is 20.7. The third-order valence-corrected chi connectivity index (χ3v) is 6.83. The van der Waals surface area contributed by atoms with Crippen molar-refractivity contribution in [2.75, 3.05) is 7.11 Å². The van der Waals surface area contributed by atoms with E-state index in [1.165, 1.54) is 0 Å².